The van der Waals surface area contributed by atoms with Gasteiger partial charge in [0.1, 0.15) is 11.6 Å². The summed E-state index contributed by atoms with van der Waals surface area (Å²) < 4.78 is 49.5. The molecule has 0 amide bonds. The summed E-state index contributed by atoms with van der Waals surface area (Å²) in [6, 6.07) is 20.7. The number of Topliss-reactive ketones (excluding diaryl/α,β-unsaturated/α-hetero) is 2. The van der Waals surface area contributed by atoms with E-state index in [4.69, 9.17) is 18.9 Å². The Kier molecular flexibility index (Phi) is 17.3. The van der Waals surface area contributed by atoms with Gasteiger partial charge in [-0.25, -0.2) is 18.7 Å². The van der Waals surface area contributed by atoms with Crippen molar-refractivity contribution < 1.29 is 37.3 Å². The number of halogens is 2. The molecule has 0 saturated heterocycles. The molecule has 0 unspecified atom stereocenters. The smallest absolute Gasteiger partial charge is 0.212 e. The minimum absolute atomic E-state index is 0.0904. The lowest BCUT2D eigenvalue weighted by Crippen LogP contribution is -2.27. The van der Waals surface area contributed by atoms with Crippen LogP contribution in [0.5, 0.6) is 11.8 Å². The minimum Gasteiger partial charge on any atom is -0.481 e. The van der Waals surface area contributed by atoms with Crippen molar-refractivity contribution in [2.24, 2.45) is 23.7 Å². The Morgan fingerprint density at radius 3 is 1.32 bits per heavy atom. The maximum absolute atomic E-state index is 13.9. The highest BCUT2D eigenvalue weighted by Gasteiger charge is 2.32. The molecule has 0 aliphatic heterocycles. The largest absolute Gasteiger partial charge is 0.481 e. The average molecular weight is 901 g/mol. The Hall–Kier alpha value is -5.72. The fourth-order valence-electron chi connectivity index (χ4n) is 10.1. The molecule has 0 spiro atoms. The number of methoxy groups -OCH3 is 2. The zero-order valence-corrected chi connectivity index (χ0v) is 38.6. The van der Waals surface area contributed by atoms with Crippen molar-refractivity contribution in [3.63, 3.8) is 0 Å². The first-order chi connectivity index (χ1) is 32.2. The van der Waals surface area contributed by atoms with Gasteiger partial charge in [0.05, 0.1) is 38.5 Å². The molecule has 2 aliphatic carbocycles. The highest BCUT2D eigenvalue weighted by atomic mass is 19.1. The van der Waals surface area contributed by atoms with E-state index in [0.29, 0.717) is 85.8 Å². The second kappa shape index (κ2) is 23.6. The van der Waals surface area contributed by atoms with E-state index in [-0.39, 0.29) is 35.0 Å². The van der Waals surface area contributed by atoms with Crippen LogP contribution in [-0.4, -0.2) is 72.1 Å². The summed E-state index contributed by atoms with van der Waals surface area (Å²) in [7, 11) is 3.12. The fourth-order valence-corrected chi connectivity index (χ4v) is 10.1. The summed E-state index contributed by atoms with van der Waals surface area (Å²) in [5.41, 5.74) is 5.25. The number of fused-ring (bicyclic) bond motifs is 2. The summed E-state index contributed by atoms with van der Waals surface area (Å²) >= 11 is 0. The maximum atomic E-state index is 13.9. The van der Waals surface area contributed by atoms with Crippen LogP contribution in [-0.2, 0) is 9.47 Å². The molecule has 0 radical (unpaired) electrons. The van der Waals surface area contributed by atoms with Gasteiger partial charge >= 0.3 is 0 Å². The predicted molar refractivity (Wildman–Crippen MR) is 252 cm³/mol. The minimum atomic E-state index is -0.228. The van der Waals surface area contributed by atoms with E-state index in [1.54, 1.807) is 75.1 Å². The van der Waals surface area contributed by atoms with Gasteiger partial charge in [-0.05, 0) is 173 Å². The molecular formula is C54H62F2N4O6. The highest BCUT2D eigenvalue weighted by Crippen LogP contribution is 2.43. The molecule has 6 aromatic rings. The number of aromatic nitrogens is 4. The Balaban J connectivity index is 0.000000196. The van der Waals surface area contributed by atoms with E-state index in [1.165, 1.54) is 23.3 Å². The predicted octanol–water partition coefficient (Wildman–Crippen LogP) is 12.0. The van der Waals surface area contributed by atoms with Crippen molar-refractivity contribution in [3.05, 3.63) is 131 Å². The van der Waals surface area contributed by atoms with Crippen LogP contribution < -0.4 is 9.47 Å². The second-order valence-corrected chi connectivity index (χ2v) is 17.6. The second-order valence-electron chi connectivity index (χ2n) is 17.6. The SMILES string of the molecule is CCOC[C@@H](CC(=O)c1ccc(OC)nc1)C1CCC(c2ccnc3ccc(F)cc23)CC1.CCOC[C@H](CC(=O)c1ccc(OC)nc1)C1CCC(c2ccnc3ccc(F)cc23)CC1. The number of hydrogen-bond donors (Lipinski definition) is 0. The first-order valence-electron chi connectivity index (χ1n) is 23.5. The van der Waals surface area contributed by atoms with Gasteiger partial charge in [0, 0.05) is 84.9 Å². The summed E-state index contributed by atoms with van der Waals surface area (Å²) in [5.74, 6) is 2.67. The number of benzene rings is 2. The van der Waals surface area contributed by atoms with Crippen LogP contribution in [0.4, 0.5) is 8.78 Å². The third-order valence-corrected chi connectivity index (χ3v) is 13.7. The third-order valence-electron chi connectivity index (χ3n) is 13.7. The first-order valence-corrected chi connectivity index (χ1v) is 23.5. The van der Waals surface area contributed by atoms with Gasteiger partial charge in [-0.15, -0.1) is 0 Å². The summed E-state index contributed by atoms with van der Waals surface area (Å²) in [6.07, 6.45) is 15.9. The van der Waals surface area contributed by atoms with Crippen LogP contribution in [0.3, 0.4) is 0 Å². The normalized spacial score (nSPS) is 19.4. The molecule has 4 heterocycles. The van der Waals surface area contributed by atoms with Crippen LogP contribution in [0.15, 0.2) is 97.6 Å². The molecule has 4 aromatic heterocycles. The molecule has 348 valence electrons. The van der Waals surface area contributed by atoms with Crippen LogP contribution in [0, 0.1) is 35.3 Å². The lowest BCUT2D eigenvalue weighted by molar-refractivity contribution is 0.0611. The van der Waals surface area contributed by atoms with Gasteiger partial charge in [0.25, 0.3) is 0 Å². The highest BCUT2D eigenvalue weighted by molar-refractivity contribution is 5.96. The molecular weight excluding hydrogens is 839 g/mol. The van der Waals surface area contributed by atoms with Crippen molar-refractivity contribution in [1.82, 2.24) is 19.9 Å². The molecule has 2 saturated carbocycles. The van der Waals surface area contributed by atoms with E-state index >= 15 is 0 Å². The van der Waals surface area contributed by atoms with E-state index in [2.05, 4.69) is 19.9 Å². The lowest BCUT2D eigenvalue weighted by Gasteiger charge is -2.34. The van der Waals surface area contributed by atoms with Crippen molar-refractivity contribution in [2.75, 3.05) is 40.6 Å². The van der Waals surface area contributed by atoms with Gasteiger partial charge in [-0.1, -0.05) is 0 Å². The summed E-state index contributed by atoms with van der Waals surface area (Å²) in [5, 5.41) is 1.82. The molecule has 0 N–H and O–H groups in total. The lowest BCUT2D eigenvalue weighted by atomic mass is 9.72. The van der Waals surface area contributed by atoms with Crippen molar-refractivity contribution in [2.45, 2.75) is 89.9 Å². The van der Waals surface area contributed by atoms with Gasteiger partial charge in [-0.3, -0.25) is 19.6 Å². The monoisotopic (exact) mass is 900 g/mol. The number of hydrogen-bond acceptors (Lipinski definition) is 10. The quantitative estimate of drug-likeness (QED) is 0.0770. The number of ether oxygens (including phenoxy) is 4. The van der Waals surface area contributed by atoms with E-state index in [9.17, 15) is 18.4 Å². The molecule has 10 nitrogen and oxygen atoms in total. The number of carbonyl (C=O) groups excluding carboxylic acids is 2. The van der Waals surface area contributed by atoms with E-state index < -0.39 is 0 Å². The third kappa shape index (κ3) is 12.4. The number of rotatable bonds is 18. The Labute approximate surface area is 386 Å². The standard InChI is InChI=1S/2C27H31FN2O3/c2*1-3-33-17-21(14-26(31)20-8-11-27(32-2)30-16-20)18-4-6-19(7-5-18)23-12-13-29-25-10-9-22(28)15-24(23)25/h2*8-13,15-16,18-19,21H,3-7,14,17H2,1-2H3/t2*18?,19?,21-/m10/s1. The van der Waals surface area contributed by atoms with Crippen LogP contribution >= 0.6 is 0 Å². The number of ketones is 2. The molecule has 2 aliphatic rings. The molecule has 2 atom stereocenters. The maximum Gasteiger partial charge on any atom is 0.212 e. The van der Waals surface area contributed by atoms with Gasteiger partial charge in [0.2, 0.25) is 11.8 Å². The van der Waals surface area contributed by atoms with Gasteiger partial charge in [0.15, 0.2) is 11.6 Å². The van der Waals surface area contributed by atoms with E-state index in [0.717, 1.165) is 73.2 Å². The molecule has 0 bridgehead atoms. The van der Waals surface area contributed by atoms with Crippen molar-refractivity contribution in [1.29, 1.82) is 0 Å². The van der Waals surface area contributed by atoms with Crippen molar-refractivity contribution >= 4 is 33.4 Å². The van der Waals surface area contributed by atoms with E-state index in [1.807, 2.05) is 38.4 Å². The first kappa shape index (κ1) is 48.2. The topological polar surface area (TPSA) is 123 Å². The summed E-state index contributed by atoms with van der Waals surface area (Å²) in [6.45, 7) is 6.42. The van der Waals surface area contributed by atoms with Gasteiger partial charge in [-0.2, -0.15) is 0 Å². The Bertz CT molecular complexity index is 2330. The molecule has 12 heteroatoms. The number of carbonyl (C=O) groups is 2. The number of pyridine rings is 4. The Morgan fingerprint density at radius 1 is 0.561 bits per heavy atom. The molecule has 8 rings (SSSR count). The zero-order valence-electron chi connectivity index (χ0n) is 38.6. The Morgan fingerprint density at radius 2 is 0.970 bits per heavy atom. The van der Waals surface area contributed by atoms with Crippen LogP contribution in [0.1, 0.15) is 122 Å². The van der Waals surface area contributed by atoms with Gasteiger partial charge < -0.3 is 18.9 Å². The average Bonchev–Trinajstić information content (AvgIpc) is 3.36. The van der Waals surface area contributed by atoms with Crippen LogP contribution in [0.2, 0.25) is 0 Å². The van der Waals surface area contributed by atoms with Crippen molar-refractivity contribution in [3.8, 4) is 11.8 Å². The molecule has 66 heavy (non-hydrogen) atoms. The zero-order chi connectivity index (χ0) is 46.4. The number of nitrogens with zero attached hydrogens (tertiary/aromatic N) is 4. The fraction of sp³-hybridized carbons (Fsp3) is 0.444. The molecule has 2 fully saturated rings. The van der Waals surface area contributed by atoms with Crippen LogP contribution in [0.25, 0.3) is 21.8 Å². The summed E-state index contributed by atoms with van der Waals surface area (Å²) in [4.78, 5) is 43.0. The molecule has 2 aromatic carbocycles.